The molecular weight excluding hydrogens is 354 g/mol. The molecule has 0 spiro atoms. The smallest absolute Gasteiger partial charge is 0.261 e. The Morgan fingerprint density at radius 1 is 1.27 bits per heavy atom. The second-order valence-corrected chi connectivity index (χ2v) is 6.84. The molecule has 136 valence electrons. The number of benzene rings is 1. The van der Waals surface area contributed by atoms with E-state index in [1.807, 2.05) is 18.2 Å². The summed E-state index contributed by atoms with van der Waals surface area (Å²) in [7, 11) is 0. The Kier molecular flexibility index (Phi) is 4.95. The summed E-state index contributed by atoms with van der Waals surface area (Å²) < 4.78 is 11.1. The van der Waals surface area contributed by atoms with Gasteiger partial charge in [0.2, 0.25) is 0 Å². The first-order valence-electron chi connectivity index (χ1n) is 8.69. The third-order valence-corrected chi connectivity index (χ3v) is 4.84. The lowest BCUT2D eigenvalue weighted by Crippen LogP contribution is -2.37. The fourth-order valence-corrected chi connectivity index (χ4v) is 3.36. The summed E-state index contributed by atoms with van der Waals surface area (Å²) in [6.45, 7) is 3.59. The second kappa shape index (κ2) is 7.51. The average molecular weight is 374 g/mol. The highest BCUT2D eigenvalue weighted by molar-refractivity contribution is 6.30. The first-order valence-corrected chi connectivity index (χ1v) is 9.07. The Labute approximate surface area is 157 Å². The van der Waals surface area contributed by atoms with Crippen molar-refractivity contribution in [2.45, 2.75) is 19.1 Å². The number of nitrogens with one attached hydrogen (secondary N) is 1. The molecule has 6 nitrogen and oxygen atoms in total. The van der Waals surface area contributed by atoms with E-state index in [9.17, 15) is 4.79 Å². The van der Waals surface area contributed by atoms with Crippen LogP contribution in [0.3, 0.4) is 0 Å². The van der Waals surface area contributed by atoms with Crippen molar-refractivity contribution >= 4 is 23.3 Å². The van der Waals surface area contributed by atoms with E-state index in [1.54, 1.807) is 18.3 Å². The van der Waals surface area contributed by atoms with Crippen LogP contribution in [0.25, 0.3) is 0 Å². The van der Waals surface area contributed by atoms with Crippen molar-refractivity contribution in [2.75, 3.05) is 31.2 Å². The van der Waals surface area contributed by atoms with Crippen molar-refractivity contribution < 1.29 is 14.3 Å². The molecule has 4 rings (SSSR count). The number of carbonyl (C=O) groups is 1. The van der Waals surface area contributed by atoms with E-state index >= 15 is 0 Å². The number of carbonyl (C=O) groups excluding carboxylic acids is 1. The van der Waals surface area contributed by atoms with Crippen LogP contribution in [-0.2, 0) is 22.5 Å². The third-order valence-electron chi connectivity index (χ3n) is 4.60. The summed E-state index contributed by atoms with van der Waals surface area (Å²) in [4.78, 5) is 19.1. The van der Waals surface area contributed by atoms with Crippen LogP contribution in [0.4, 0.5) is 5.82 Å². The number of halogens is 1. The molecule has 1 aromatic carbocycles. The maximum absolute atomic E-state index is 12.4. The van der Waals surface area contributed by atoms with Gasteiger partial charge < -0.3 is 19.7 Å². The molecule has 0 saturated carbocycles. The molecule has 1 fully saturated rings. The first kappa shape index (κ1) is 17.1. The van der Waals surface area contributed by atoms with E-state index in [-0.39, 0.29) is 5.91 Å². The zero-order valence-corrected chi connectivity index (χ0v) is 15.0. The van der Waals surface area contributed by atoms with Crippen LogP contribution in [0.15, 0.2) is 36.5 Å². The molecule has 0 unspecified atom stereocenters. The van der Waals surface area contributed by atoms with E-state index < -0.39 is 6.10 Å². The van der Waals surface area contributed by atoms with Crippen molar-refractivity contribution in [3.63, 3.8) is 0 Å². The van der Waals surface area contributed by atoms with Crippen molar-refractivity contribution in [1.82, 2.24) is 10.3 Å². The van der Waals surface area contributed by atoms with Crippen LogP contribution in [0.1, 0.15) is 11.1 Å². The highest BCUT2D eigenvalue weighted by Crippen LogP contribution is 2.31. The Morgan fingerprint density at radius 3 is 2.88 bits per heavy atom. The molecule has 0 bridgehead atoms. The molecule has 2 aliphatic heterocycles. The lowest BCUT2D eigenvalue weighted by atomic mass is 10.1. The van der Waals surface area contributed by atoms with E-state index in [0.29, 0.717) is 18.0 Å². The number of anilines is 1. The second-order valence-electron chi connectivity index (χ2n) is 6.40. The molecule has 1 atom stereocenters. The summed E-state index contributed by atoms with van der Waals surface area (Å²) >= 11 is 5.99. The fraction of sp³-hybridized carbons (Fsp3) is 0.368. The molecule has 1 aromatic heterocycles. The third kappa shape index (κ3) is 3.76. The quantitative estimate of drug-likeness (QED) is 0.890. The van der Waals surface area contributed by atoms with Gasteiger partial charge in [-0.3, -0.25) is 4.79 Å². The molecule has 0 aliphatic carbocycles. The normalized spacial score (nSPS) is 19.0. The minimum absolute atomic E-state index is 0.130. The standard InChI is InChI=1S/C19H20ClN3O3/c20-15-2-3-16-14(9-15)10-17(26-16)19(24)22-12-13-1-4-18(21-11-13)23-5-7-25-8-6-23/h1-4,9,11,17H,5-8,10,12H2,(H,22,24)/t17-/m0/s1. The molecule has 26 heavy (non-hydrogen) atoms. The molecule has 1 N–H and O–H groups in total. The predicted molar refractivity (Wildman–Crippen MR) is 98.7 cm³/mol. The molecule has 2 aromatic rings. The number of rotatable bonds is 4. The van der Waals surface area contributed by atoms with Gasteiger partial charge in [0.05, 0.1) is 13.2 Å². The van der Waals surface area contributed by atoms with Crippen LogP contribution in [-0.4, -0.2) is 43.3 Å². The molecule has 1 saturated heterocycles. The van der Waals surface area contributed by atoms with E-state index in [2.05, 4.69) is 15.2 Å². The number of morpholine rings is 1. The Morgan fingerprint density at radius 2 is 2.12 bits per heavy atom. The van der Waals surface area contributed by atoms with Crippen LogP contribution in [0.5, 0.6) is 5.75 Å². The maximum Gasteiger partial charge on any atom is 0.261 e. The van der Waals surface area contributed by atoms with Crippen LogP contribution < -0.4 is 15.0 Å². The highest BCUT2D eigenvalue weighted by atomic mass is 35.5. The largest absolute Gasteiger partial charge is 0.480 e. The minimum Gasteiger partial charge on any atom is -0.480 e. The molecule has 1 amide bonds. The number of amides is 1. The Balaban J connectivity index is 1.31. The lowest BCUT2D eigenvalue weighted by molar-refractivity contribution is -0.127. The summed E-state index contributed by atoms with van der Waals surface area (Å²) in [5.41, 5.74) is 1.92. The fourth-order valence-electron chi connectivity index (χ4n) is 3.17. The maximum atomic E-state index is 12.4. The summed E-state index contributed by atoms with van der Waals surface area (Å²) in [6.07, 6.45) is 1.83. The summed E-state index contributed by atoms with van der Waals surface area (Å²) in [5.74, 6) is 1.54. The molecule has 2 aliphatic rings. The summed E-state index contributed by atoms with van der Waals surface area (Å²) in [6, 6.07) is 9.39. The monoisotopic (exact) mass is 373 g/mol. The number of aromatic nitrogens is 1. The zero-order valence-electron chi connectivity index (χ0n) is 14.3. The average Bonchev–Trinajstić information content (AvgIpc) is 3.10. The predicted octanol–water partition coefficient (Wildman–Crippen LogP) is 2.19. The van der Waals surface area contributed by atoms with E-state index in [4.69, 9.17) is 21.1 Å². The van der Waals surface area contributed by atoms with Gasteiger partial charge in [0.15, 0.2) is 6.10 Å². The van der Waals surface area contributed by atoms with Crippen LogP contribution in [0.2, 0.25) is 5.02 Å². The Hall–Kier alpha value is -2.31. The van der Waals surface area contributed by atoms with Gasteiger partial charge >= 0.3 is 0 Å². The number of pyridine rings is 1. The van der Waals surface area contributed by atoms with Crippen molar-refractivity contribution in [1.29, 1.82) is 0 Å². The zero-order chi connectivity index (χ0) is 17.9. The molecule has 0 radical (unpaired) electrons. The number of nitrogens with zero attached hydrogens (tertiary/aromatic N) is 2. The number of hydrogen-bond donors (Lipinski definition) is 1. The highest BCUT2D eigenvalue weighted by Gasteiger charge is 2.29. The first-order chi connectivity index (χ1) is 12.7. The molecule has 7 heteroatoms. The van der Waals surface area contributed by atoms with Crippen molar-refractivity contribution in [2.24, 2.45) is 0 Å². The lowest BCUT2D eigenvalue weighted by Gasteiger charge is -2.27. The van der Waals surface area contributed by atoms with Gasteiger partial charge in [0, 0.05) is 37.3 Å². The summed E-state index contributed by atoms with van der Waals surface area (Å²) in [5, 5.41) is 3.57. The van der Waals surface area contributed by atoms with Gasteiger partial charge in [0.1, 0.15) is 11.6 Å². The van der Waals surface area contributed by atoms with E-state index in [1.165, 1.54) is 0 Å². The number of fused-ring (bicyclic) bond motifs is 1. The van der Waals surface area contributed by atoms with Gasteiger partial charge in [-0.05, 0) is 35.4 Å². The van der Waals surface area contributed by atoms with E-state index in [0.717, 1.165) is 49.0 Å². The van der Waals surface area contributed by atoms with Crippen molar-refractivity contribution in [3.05, 3.63) is 52.7 Å². The van der Waals surface area contributed by atoms with Gasteiger partial charge in [-0.2, -0.15) is 0 Å². The molecule has 3 heterocycles. The van der Waals surface area contributed by atoms with Gasteiger partial charge in [-0.1, -0.05) is 17.7 Å². The number of ether oxygens (including phenoxy) is 2. The SMILES string of the molecule is O=C(NCc1ccc(N2CCOCC2)nc1)[C@@H]1Cc2cc(Cl)ccc2O1. The van der Waals surface area contributed by atoms with Crippen LogP contribution in [0, 0.1) is 0 Å². The number of hydrogen-bond acceptors (Lipinski definition) is 5. The minimum atomic E-state index is -0.510. The van der Waals surface area contributed by atoms with Gasteiger partial charge in [-0.15, -0.1) is 0 Å². The van der Waals surface area contributed by atoms with Crippen LogP contribution >= 0.6 is 11.6 Å². The van der Waals surface area contributed by atoms with Gasteiger partial charge in [-0.25, -0.2) is 4.98 Å². The Bertz CT molecular complexity index is 791. The van der Waals surface area contributed by atoms with Gasteiger partial charge in [0.25, 0.3) is 5.91 Å². The molecular formula is C19H20ClN3O3. The van der Waals surface area contributed by atoms with Crippen molar-refractivity contribution in [3.8, 4) is 5.75 Å². The topological polar surface area (TPSA) is 63.7 Å².